The third kappa shape index (κ3) is 4.85. The highest BCUT2D eigenvalue weighted by Crippen LogP contribution is 2.47. The van der Waals surface area contributed by atoms with Gasteiger partial charge in [-0.15, -0.1) is 0 Å². The van der Waals surface area contributed by atoms with Crippen molar-refractivity contribution in [2.75, 3.05) is 0 Å². The Kier molecular flexibility index (Phi) is 6.52. The SMILES string of the molecule is Cc1ccc(-c2c3ccccc3c(-c3ccc(C)c(C(F)(F)F)c3)c3cc(C(C)(C)C)ccc23)cc1C(F)(F)F. The maximum absolute atomic E-state index is 14.0. The molecule has 0 unspecified atom stereocenters. The van der Waals surface area contributed by atoms with Crippen LogP contribution in [-0.2, 0) is 17.8 Å². The normalized spacial score (nSPS) is 12.9. The summed E-state index contributed by atoms with van der Waals surface area (Å²) in [6, 6.07) is 21.7. The lowest BCUT2D eigenvalue weighted by molar-refractivity contribution is -0.138. The molecule has 0 saturated heterocycles. The van der Waals surface area contributed by atoms with Crippen molar-refractivity contribution in [2.45, 2.75) is 52.4 Å². The van der Waals surface area contributed by atoms with Crippen molar-refractivity contribution < 1.29 is 26.3 Å². The smallest absolute Gasteiger partial charge is 0.166 e. The average molecular weight is 551 g/mol. The number of rotatable bonds is 2. The van der Waals surface area contributed by atoms with Crippen LogP contribution in [-0.4, -0.2) is 0 Å². The summed E-state index contributed by atoms with van der Waals surface area (Å²) in [6.45, 7) is 8.98. The summed E-state index contributed by atoms with van der Waals surface area (Å²) in [6.07, 6.45) is -9.06. The number of benzene rings is 5. The molecule has 0 aromatic heterocycles. The number of halogens is 6. The molecule has 0 spiro atoms. The molecule has 5 rings (SSSR count). The van der Waals surface area contributed by atoms with E-state index in [1.165, 1.54) is 38.1 Å². The number of hydrogen-bond acceptors (Lipinski definition) is 0. The summed E-state index contributed by atoms with van der Waals surface area (Å²) in [5, 5.41) is 2.70. The molecule has 0 nitrogen and oxygen atoms in total. The monoisotopic (exact) mass is 550 g/mol. The van der Waals surface area contributed by atoms with Crippen molar-refractivity contribution in [1.29, 1.82) is 0 Å². The lowest BCUT2D eigenvalue weighted by atomic mass is 9.81. The fourth-order valence-corrected chi connectivity index (χ4v) is 5.43. The topological polar surface area (TPSA) is 0 Å². The van der Waals surface area contributed by atoms with E-state index < -0.39 is 23.5 Å². The second-order valence-electron chi connectivity index (χ2n) is 11.4. The van der Waals surface area contributed by atoms with E-state index in [0.717, 1.165) is 5.56 Å². The molecular weight excluding hydrogens is 522 g/mol. The highest BCUT2D eigenvalue weighted by Gasteiger charge is 2.34. The molecule has 5 aromatic carbocycles. The summed E-state index contributed by atoms with van der Waals surface area (Å²) in [7, 11) is 0. The Morgan fingerprint density at radius 1 is 0.475 bits per heavy atom. The van der Waals surface area contributed by atoms with Gasteiger partial charge in [0.25, 0.3) is 0 Å². The molecule has 0 aliphatic rings. The molecule has 0 atom stereocenters. The van der Waals surface area contributed by atoms with Gasteiger partial charge < -0.3 is 0 Å². The first-order chi connectivity index (χ1) is 18.6. The number of aryl methyl sites for hydroxylation is 2. The van der Waals surface area contributed by atoms with E-state index in [1.54, 1.807) is 24.3 Å². The molecule has 0 fully saturated rings. The predicted octanol–water partition coefficient (Wildman–Crippen LogP) is 11.3. The van der Waals surface area contributed by atoms with Gasteiger partial charge in [-0.05, 0) is 98.0 Å². The van der Waals surface area contributed by atoms with Crippen molar-refractivity contribution in [3.8, 4) is 22.3 Å². The summed E-state index contributed by atoms with van der Waals surface area (Å²) < 4.78 is 83.6. The van der Waals surface area contributed by atoms with Gasteiger partial charge in [-0.3, -0.25) is 0 Å². The third-order valence-corrected chi connectivity index (χ3v) is 7.55. The number of fused-ring (bicyclic) bond motifs is 2. The molecule has 0 saturated carbocycles. The second kappa shape index (κ2) is 9.39. The van der Waals surface area contributed by atoms with Crippen LogP contribution in [0.2, 0.25) is 0 Å². The minimum absolute atomic E-state index is 0.121. The van der Waals surface area contributed by atoms with Crippen LogP contribution in [0.3, 0.4) is 0 Å². The molecule has 6 heteroatoms. The van der Waals surface area contributed by atoms with Gasteiger partial charge in [0.2, 0.25) is 0 Å². The predicted molar refractivity (Wildman–Crippen MR) is 151 cm³/mol. The van der Waals surface area contributed by atoms with Gasteiger partial charge in [0.15, 0.2) is 0 Å². The molecular formula is C34H28F6. The first kappa shape index (κ1) is 27.8. The fourth-order valence-electron chi connectivity index (χ4n) is 5.43. The summed E-state index contributed by atoms with van der Waals surface area (Å²) in [5.74, 6) is 0. The van der Waals surface area contributed by atoms with Crippen molar-refractivity contribution in [3.05, 3.63) is 107 Å². The van der Waals surface area contributed by atoms with Crippen LogP contribution in [0.1, 0.15) is 48.6 Å². The Morgan fingerprint density at radius 2 is 0.900 bits per heavy atom. The number of hydrogen-bond donors (Lipinski definition) is 0. The zero-order valence-corrected chi connectivity index (χ0v) is 22.8. The van der Waals surface area contributed by atoms with Gasteiger partial charge in [-0.2, -0.15) is 26.3 Å². The van der Waals surface area contributed by atoms with Crippen molar-refractivity contribution in [3.63, 3.8) is 0 Å². The highest BCUT2D eigenvalue weighted by molar-refractivity contribution is 6.21. The van der Waals surface area contributed by atoms with E-state index in [9.17, 15) is 26.3 Å². The molecule has 0 amide bonds. The van der Waals surface area contributed by atoms with Crippen molar-refractivity contribution in [2.24, 2.45) is 0 Å². The Hall–Kier alpha value is -3.80. The first-order valence-electron chi connectivity index (χ1n) is 12.9. The zero-order chi connectivity index (χ0) is 29.2. The second-order valence-corrected chi connectivity index (χ2v) is 11.4. The van der Waals surface area contributed by atoms with Gasteiger partial charge >= 0.3 is 12.4 Å². The van der Waals surface area contributed by atoms with E-state index in [-0.39, 0.29) is 16.5 Å². The summed E-state index contributed by atoms with van der Waals surface area (Å²) in [5.41, 5.74) is 1.54. The Labute approximate surface area is 229 Å². The minimum Gasteiger partial charge on any atom is -0.166 e. The molecule has 0 heterocycles. The molecule has 0 N–H and O–H groups in total. The van der Waals surface area contributed by atoms with E-state index in [2.05, 4.69) is 0 Å². The Morgan fingerprint density at radius 3 is 1.32 bits per heavy atom. The van der Waals surface area contributed by atoms with Crippen LogP contribution >= 0.6 is 0 Å². The minimum atomic E-state index is -4.53. The van der Waals surface area contributed by atoms with Crippen LogP contribution in [0.4, 0.5) is 26.3 Å². The van der Waals surface area contributed by atoms with Gasteiger partial charge in [0.1, 0.15) is 0 Å². The molecule has 206 valence electrons. The van der Waals surface area contributed by atoms with E-state index in [1.807, 2.05) is 51.1 Å². The van der Waals surface area contributed by atoms with E-state index >= 15 is 0 Å². The summed E-state index contributed by atoms with van der Waals surface area (Å²) in [4.78, 5) is 0. The molecule has 0 bridgehead atoms. The maximum atomic E-state index is 14.0. The van der Waals surface area contributed by atoms with Crippen molar-refractivity contribution in [1.82, 2.24) is 0 Å². The first-order valence-corrected chi connectivity index (χ1v) is 12.9. The van der Waals surface area contributed by atoms with Crippen LogP contribution in [0, 0.1) is 13.8 Å². The summed E-state index contributed by atoms with van der Waals surface area (Å²) >= 11 is 0. The average Bonchev–Trinajstić information content (AvgIpc) is 2.86. The van der Waals surface area contributed by atoms with Gasteiger partial charge in [0, 0.05) is 0 Å². The zero-order valence-electron chi connectivity index (χ0n) is 22.8. The van der Waals surface area contributed by atoms with Gasteiger partial charge in [0.05, 0.1) is 11.1 Å². The number of alkyl halides is 6. The Balaban J connectivity index is 1.97. The van der Waals surface area contributed by atoms with E-state index in [4.69, 9.17) is 0 Å². The lowest BCUT2D eigenvalue weighted by Crippen LogP contribution is -2.11. The lowest BCUT2D eigenvalue weighted by Gasteiger charge is -2.23. The third-order valence-electron chi connectivity index (χ3n) is 7.55. The molecule has 40 heavy (non-hydrogen) atoms. The molecule has 0 radical (unpaired) electrons. The molecule has 0 aliphatic heterocycles. The van der Waals surface area contributed by atoms with E-state index in [0.29, 0.717) is 43.8 Å². The fraction of sp³-hybridized carbons (Fsp3) is 0.235. The molecule has 0 aliphatic carbocycles. The Bertz CT molecular complexity index is 1770. The van der Waals surface area contributed by atoms with Gasteiger partial charge in [-0.1, -0.05) is 81.4 Å². The maximum Gasteiger partial charge on any atom is 0.416 e. The van der Waals surface area contributed by atoms with Crippen molar-refractivity contribution >= 4 is 21.5 Å². The largest absolute Gasteiger partial charge is 0.416 e. The standard InChI is InChI=1S/C34H28F6/c1-19-10-12-21(16-28(19)33(35,36)37)30-24-8-6-7-9-25(24)31(22-13-11-20(2)29(17-22)34(38,39)40)27-18-23(32(3,4)5)14-15-26(27)30/h6-18H,1-5H3. The quantitative estimate of drug-likeness (QED) is 0.151. The highest BCUT2D eigenvalue weighted by atomic mass is 19.4. The van der Waals surface area contributed by atoms with Crippen LogP contribution < -0.4 is 0 Å². The van der Waals surface area contributed by atoms with Crippen LogP contribution in [0.15, 0.2) is 78.9 Å². The van der Waals surface area contributed by atoms with Crippen LogP contribution in [0.25, 0.3) is 43.8 Å². The van der Waals surface area contributed by atoms with Crippen LogP contribution in [0.5, 0.6) is 0 Å². The molecule has 5 aromatic rings. The van der Waals surface area contributed by atoms with Gasteiger partial charge in [-0.25, -0.2) is 0 Å².